The molecule has 1 heterocycles. The summed E-state index contributed by atoms with van der Waals surface area (Å²) < 4.78 is 2.35. The molecule has 0 atom stereocenters. The van der Waals surface area contributed by atoms with Crippen LogP contribution in [0.1, 0.15) is 10.9 Å². The molecule has 0 saturated carbocycles. The van der Waals surface area contributed by atoms with E-state index >= 15 is 0 Å². The summed E-state index contributed by atoms with van der Waals surface area (Å²) in [5, 5.41) is 6.72. The van der Waals surface area contributed by atoms with Crippen LogP contribution >= 0.6 is 0 Å². The van der Waals surface area contributed by atoms with Crippen molar-refractivity contribution in [2.45, 2.75) is 51.5 Å². The number of fused-ring (bicyclic) bond motifs is 1. The van der Waals surface area contributed by atoms with Gasteiger partial charge in [-0.15, -0.1) is 0 Å². The summed E-state index contributed by atoms with van der Waals surface area (Å²) in [4.78, 5) is 0. The van der Waals surface area contributed by atoms with Gasteiger partial charge in [-0.1, -0.05) is 51.4 Å². The van der Waals surface area contributed by atoms with Gasteiger partial charge in [0, 0.05) is 10.7 Å². The van der Waals surface area contributed by atoms with Gasteiger partial charge in [-0.3, -0.25) is 4.68 Å². The van der Waals surface area contributed by atoms with E-state index in [2.05, 4.69) is 75.3 Å². The highest BCUT2D eigenvalue weighted by Crippen LogP contribution is 2.33. The second-order valence-corrected chi connectivity index (χ2v) is 18.9. The van der Waals surface area contributed by atoms with Gasteiger partial charge in [0.15, 0.2) is 0 Å². The van der Waals surface area contributed by atoms with E-state index in [-0.39, 0.29) is 0 Å². The molecule has 2 aromatic rings. The van der Waals surface area contributed by atoms with Crippen LogP contribution in [0.15, 0.2) is 24.4 Å². The molecule has 1 aromatic heterocycles. The Hall–Kier alpha value is -0.876. The van der Waals surface area contributed by atoms with Crippen LogP contribution in [0.2, 0.25) is 39.3 Å². The third kappa shape index (κ3) is 2.69. The second-order valence-electron chi connectivity index (χ2n) is 7.73. The van der Waals surface area contributed by atoms with Crippen molar-refractivity contribution in [1.82, 2.24) is 9.78 Å². The van der Waals surface area contributed by atoms with Gasteiger partial charge in [0.1, 0.15) is 0 Å². The lowest BCUT2D eigenvalue weighted by Gasteiger charge is -2.38. The van der Waals surface area contributed by atoms with E-state index in [1.807, 2.05) is 0 Å². The molecule has 104 valence electrons. The quantitative estimate of drug-likeness (QED) is 0.753. The van der Waals surface area contributed by atoms with Gasteiger partial charge >= 0.3 is 0 Å². The number of aromatic nitrogens is 2. The average Bonchev–Trinajstić information content (AvgIpc) is 2.59. The summed E-state index contributed by atoms with van der Waals surface area (Å²) >= 11 is 0. The molecule has 1 aromatic carbocycles. The number of hydrogen-bond acceptors (Lipinski definition) is 1. The summed E-state index contributed by atoms with van der Waals surface area (Å²) in [6.45, 7) is 17.0. The zero-order valence-electron chi connectivity index (χ0n) is 13.3. The van der Waals surface area contributed by atoms with Crippen LogP contribution in [-0.4, -0.2) is 25.9 Å². The molecule has 0 aliphatic rings. The van der Waals surface area contributed by atoms with Gasteiger partial charge in [0.05, 0.1) is 27.9 Å². The van der Waals surface area contributed by atoms with Crippen molar-refractivity contribution in [3.05, 3.63) is 30.0 Å². The summed E-state index contributed by atoms with van der Waals surface area (Å²) in [6, 6.07) is 6.55. The molecule has 0 N–H and O–H groups in total. The normalized spacial score (nSPS) is 13.5. The monoisotopic (exact) mass is 290 g/mol. The van der Waals surface area contributed by atoms with Crippen molar-refractivity contribution in [2.24, 2.45) is 0 Å². The highest BCUT2D eigenvalue weighted by molar-refractivity contribution is 6.95. The van der Waals surface area contributed by atoms with E-state index in [0.717, 1.165) is 0 Å². The molecule has 0 aliphatic carbocycles. The Bertz CT molecular complexity index is 574. The molecule has 4 heteroatoms. The lowest BCUT2D eigenvalue weighted by atomic mass is 10.1. The van der Waals surface area contributed by atoms with Gasteiger partial charge in [-0.2, -0.15) is 5.10 Å². The van der Waals surface area contributed by atoms with Crippen LogP contribution in [-0.2, 0) is 0 Å². The van der Waals surface area contributed by atoms with Crippen molar-refractivity contribution in [1.29, 1.82) is 0 Å². The first-order valence-corrected chi connectivity index (χ1v) is 14.2. The summed E-state index contributed by atoms with van der Waals surface area (Å²) in [7, 11) is -2.60. The minimum absolute atomic E-state index is 0.638. The van der Waals surface area contributed by atoms with E-state index in [9.17, 15) is 0 Å². The molecule has 0 saturated heterocycles. The third-order valence-electron chi connectivity index (χ3n) is 3.74. The minimum Gasteiger partial charge on any atom is -0.268 e. The fourth-order valence-corrected chi connectivity index (χ4v) is 15.7. The first kappa shape index (κ1) is 14.5. The van der Waals surface area contributed by atoms with Gasteiger partial charge in [-0.25, -0.2) is 0 Å². The summed E-state index contributed by atoms with van der Waals surface area (Å²) in [6.07, 6.45) is 2.05. The van der Waals surface area contributed by atoms with Gasteiger partial charge in [0.25, 0.3) is 0 Å². The molecule has 0 fully saturated rings. The van der Waals surface area contributed by atoms with E-state index in [1.165, 1.54) is 16.5 Å². The topological polar surface area (TPSA) is 17.8 Å². The Morgan fingerprint density at radius 3 is 2.11 bits per heavy atom. The van der Waals surface area contributed by atoms with Gasteiger partial charge in [0.2, 0.25) is 0 Å². The van der Waals surface area contributed by atoms with Crippen molar-refractivity contribution >= 4 is 27.1 Å². The zero-order valence-corrected chi connectivity index (χ0v) is 15.3. The maximum Gasteiger partial charge on any atom is 0.0695 e. The van der Waals surface area contributed by atoms with Crippen LogP contribution in [0, 0.1) is 6.92 Å². The molecule has 19 heavy (non-hydrogen) atoms. The fourth-order valence-electron chi connectivity index (χ4n) is 3.45. The van der Waals surface area contributed by atoms with E-state index in [0.29, 0.717) is 5.29 Å². The van der Waals surface area contributed by atoms with Crippen molar-refractivity contribution in [3.63, 3.8) is 0 Å². The largest absolute Gasteiger partial charge is 0.268 e. The maximum atomic E-state index is 4.78. The highest BCUT2D eigenvalue weighted by atomic mass is 28.4. The smallest absolute Gasteiger partial charge is 0.0695 e. The molecule has 0 amide bonds. The second kappa shape index (κ2) is 4.60. The predicted octanol–water partition coefficient (Wildman–Crippen LogP) is 4.64. The number of aryl methyl sites for hydroxylation is 1. The van der Waals surface area contributed by atoms with Crippen LogP contribution in [0.4, 0.5) is 0 Å². The Morgan fingerprint density at radius 1 is 1.00 bits per heavy atom. The Morgan fingerprint density at radius 2 is 1.58 bits per heavy atom. The van der Waals surface area contributed by atoms with Crippen molar-refractivity contribution < 1.29 is 0 Å². The van der Waals surface area contributed by atoms with E-state index in [4.69, 9.17) is 5.10 Å². The Kier molecular flexibility index (Phi) is 3.51. The molecule has 0 aliphatic heterocycles. The average molecular weight is 291 g/mol. The molecule has 2 nitrogen and oxygen atoms in total. The number of nitrogens with zero attached hydrogens (tertiary/aromatic N) is 2. The Balaban J connectivity index is 2.68. The number of hydrogen-bond donors (Lipinski definition) is 0. The minimum atomic E-state index is -1.30. The summed E-state index contributed by atoms with van der Waals surface area (Å²) in [5.41, 5.74) is 2.64. The van der Waals surface area contributed by atoms with Crippen LogP contribution in [0.25, 0.3) is 10.9 Å². The first-order valence-electron chi connectivity index (χ1n) is 7.05. The fraction of sp³-hybridized carbons (Fsp3) is 0.533. The molecule has 0 bridgehead atoms. The van der Waals surface area contributed by atoms with Gasteiger partial charge < -0.3 is 0 Å². The summed E-state index contributed by atoms with van der Waals surface area (Å²) in [5.74, 6) is 0. The third-order valence-corrected chi connectivity index (χ3v) is 12.7. The van der Waals surface area contributed by atoms with Crippen LogP contribution < -0.4 is 0 Å². The van der Waals surface area contributed by atoms with Crippen molar-refractivity contribution in [2.75, 3.05) is 0 Å². The molecule has 2 rings (SSSR count). The molecule has 0 spiro atoms. The van der Waals surface area contributed by atoms with Crippen LogP contribution in [0.3, 0.4) is 0 Å². The highest BCUT2D eigenvalue weighted by Gasteiger charge is 2.40. The van der Waals surface area contributed by atoms with Crippen LogP contribution in [0.5, 0.6) is 0 Å². The number of benzene rings is 1. The van der Waals surface area contributed by atoms with E-state index < -0.39 is 16.1 Å². The van der Waals surface area contributed by atoms with Crippen molar-refractivity contribution in [3.8, 4) is 0 Å². The Labute approximate surface area is 118 Å². The SMILES string of the molecule is Cc1cccc2c1cnn2C([Si](C)(C)C)[Si](C)(C)C. The zero-order chi connectivity index (χ0) is 14.4. The lowest BCUT2D eigenvalue weighted by molar-refractivity contribution is 0.706. The molecular formula is C15H26N2Si2. The molecule has 0 unspecified atom stereocenters. The maximum absolute atomic E-state index is 4.78. The van der Waals surface area contributed by atoms with E-state index in [1.54, 1.807) is 0 Å². The standard InChI is InChI=1S/C15H26N2Si2/c1-12-9-8-10-14-13(12)11-16-17(14)15(18(2,3)4)19(5,6)7/h8-11,15H,1-7H3. The van der Waals surface area contributed by atoms with Gasteiger partial charge in [-0.05, 0) is 18.6 Å². The first-order chi connectivity index (χ1) is 8.62. The molecule has 0 radical (unpaired) electrons. The predicted molar refractivity (Wildman–Crippen MR) is 90.2 cm³/mol. The molecular weight excluding hydrogens is 264 g/mol. The number of rotatable bonds is 3. The lowest BCUT2D eigenvalue weighted by Crippen LogP contribution is -2.50.